The molecule has 0 aromatic heterocycles. The summed E-state index contributed by atoms with van der Waals surface area (Å²) >= 11 is 0. The first-order chi connectivity index (χ1) is 7.27. The minimum absolute atomic E-state index is 0.273. The molecule has 0 amide bonds. The summed E-state index contributed by atoms with van der Waals surface area (Å²) in [6.45, 7) is 0.689. The Morgan fingerprint density at radius 3 is 2.80 bits per heavy atom. The maximum Gasteiger partial charge on any atom is 0.324 e. The number of para-hydroxylation sites is 1. The van der Waals surface area contributed by atoms with Crippen molar-refractivity contribution in [2.45, 2.75) is 18.6 Å². The van der Waals surface area contributed by atoms with Crippen molar-refractivity contribution in [3.05, 3.63) is 30.3 Å². The van der Waals surface area contributed by atoms with E-state index in [1.807, 2.05) is 30.3 Å². The molecule has 0 unspecified atom stereocenters. The van der Waals surface area contributed by atoms with Crippen molar-refractivity contribution < 1.29 is 14.6 Å². The standard InChI is InChI=1S/C11H13NO3/c13-11(14)10-9(6-7-12-10)15-8-4-2-1-3-5-8/h1-5,9-10,12H,6-7H2,(H,13,14)/t9-,10-/m0/s1. The van der Waals surface area contributed by atoms with E-state index in [1.54, 1.807) is 0 Å². The molecule has 2 N–H and O–H groups in total. The summed E-state index contributed by atoms with van der Waals surface area (Å²) in [7, 11) is 0. The summed E-state index contributed by atoms with van der Waals surface area (Å²) < 4.78 is 5.61. The average Bonchev–Trinajstić information content (AvgIpc) is 2.67. The van der Waals surface area contributed by atoms with Gasteiger partial charge in [-0.15, -0.1) is 0 Å². The van der Waals surface area contributed by atoms with Gasteiger partial charge in [-0.05, 0) is 25.1 Å². The second-order valence-electron chi connectivity index (χ2n) is 3.53. The number of carboxylic acids is 1. The largest absolute Gasteiger partial charge is 0.488 e. The van der Waals surface area contributed by atoms with Crippen molar-refractivity contribution in [2.75, 3.05) is 6.54 Å². The van der Waals surface area contributed by atoms with Crippen LogP contribution in [-0.2, 0) is 4.79 Å². The Morgan fingerprint density at radius 2 is 2.13 bits per heavy atom. The fourth-order valence-electron chi connectivity index (χ4n) is 1.73. The normalized spacial score (nSPS) is 25.1. The molecule has 2 rings (SSSR count). The number of nitrogens with one attached hydrogen (secondary N) is 1. The highest BCUT2D eigenvalue weighted by Crippen LogP contribution is 2.17. The van der Waals surface area contributed by atoms with Crippen molar-refractivity contribution in [1.82, 2.24) is 5.32 Å². The molecule has 4 heteroatoms. The summed E-state index contributed by atoms with van der Waals surface area (Å²) in [4.78, 5) is 10.9. The minimum atomic E-state index is -0.853. The fraction of sp³-hybridized carbons (Fsp3) is 0.364. The third kappa shape index (κ3) is 2.27. The van der Waals surface area contributed by atoms with Gasteiger partial charge in [0.2, 0.25) is 0 Å². The van der Waals surface area contributed by atoms with Gasteiger partial charge in [0.05, 0.1) is 0 Å². The summed E-state index contributed by atoms with van der Waals surface area (Å²) in [5, 5.41) is 11.8. The van der Waals surface area contributed by atoms with Crippen molar-refractivity contribution in [2.24, 2.45) is 0 Å². The third-order valence-electron chi connectivity index (χ3n) is 2.46. The van der Waals surface area contributed by atoms with E-state index in [0.717, 1.165) is 12.2 Å². The topological polar surface area (TPSA) is 58.6 Å². The average molecular weight is 207 g/mol. The molecule has 1 aromatic carbocycles. The molecular weight excluding hydrogens is 194 g/mol. The van der Waals surface area contributed by atoms with E-state index in [9.17, 15) is 4.79 Å². The van der Waals surface area contributed by atoms with Gasteiger partial charge in [0, 0.05) is 0 Å². The molecule has 0 spiro atoms. The molecule has 1 saturated heterocycles. The van der Waals surface area contributed by atoms with Gasteiger partial charge in [-0.3, -0.25) is 4.79 Å². The predicted octanol–water partition coefficient (Wildman–Crippen LogP) is 0.880. The van der Waals surface area contributed by atoms with Gasteiger partial charge in [-0.2, -0.15) is 0 Å². The third-order valence-corrected chi connectivity index (χ3v) is 2.46. The SMILES string of the molecule is O=C(O)[C@H]1NCC[C@@H]1Oc1ccccc1. The molecule has 1 aliphatic rings. The van der Waals surface area contributed by atoms with Crippen LogP contribution in [0.3, 0.4) is 0 Å². The van der Waals surface area contributed by atoms with E-state index in [1.165, 1.54) is 0 Å². The van der Waals surface area contributed by atoms with E-state index < -0.39 is 12.0 Å². The molecule has 0 radical (unpaired) electrons. The van der Waals surface area contributed by atoms with Crippen molar-refractivity contribution in [1.29, 1.82) is 0 Å². The molecule has 0 bridgehead atoms. The summed E-state index contributed by atoms with van der Waals surface area (Å²) in [6.07, 6.45) is 0.455. The van der Waals surface area contributed by atoms with Gasteiger partial charge in [0.25, 0.3) is 0 Å². The molecule has 1 heterocycles. The van der Waals surface area contributed by atoms with Crippen LogP contribution >= 0.6 is 0 Å². The lowest BCUT2D eigenvalue weighted by Gasteiger charge is -2.17. The van der Waals surface area contributed by atoms with Crippen LogP contribution < -0.4 is 10.1 Å². The van der Waals surface area contributed by atoms with Crippen molar-refractivity contribution >= 4 is 5.97 Å². The Kier molecular flexibility index (Phi) is 2.87. The lowest BCUT2D eigenvalue weighted by atomic mass is 10.2. The zero-order valence-electron chi connectivity index (χ0n) is 8.22. The van der Waals surface area contributed by atoms with Gasteiger partial charge >= 0.3 is 5.97 Å². The van der Waals surface area contributed by atoms with Gasteiger partial charge in [0.1, 0.15) is 17.9 Å². The molecular formula is C11H13NO3. The number of ether oxygens (including phenoxy) is 1. The molecule has 1 aromatic rings. The van der Waals surface area contributed by atoms with E-state index in [2.05, 4.69) is 5.32 Å². The van der Waals surface area contributed by atoms with Crippen LogP contribution in [0.4, 0.5) is 0 Å². The first-order valence-electron chi connectivity index (χ1n) is 4.95. The maximum atomic E-state index is 10.9. The number of carbonyl (C=O) groups is 1. The quantitative estimate of drug-likeness (QED) is 0.772. The Morgan fingerprint density at radius 1 is 1.40 bits per heavy atom. The highest BCUT2D eigenvalue weighted by atomic mass is 16.5. The van der Waals surface area contributed by atoms with Crippen molar-refractivity contribution in [3.8, 4) is 5.75 Å². The molecule has 15 heavy (non-hydrogen) atoms. The fourth-order valence-corrected chi connectivity index (χ4v) is 1.73. The molecule has 80 valence electrons. The Hall–Kier alpha value is -1.55. The van der Waals surface area contributed by atoms with E-state index in [4.69, 9.17) is 9.84 Å². The molecule has 2 atom stereocenters. The first-order valence-corrected chi connectivity index (χ1v) is 4.95. The number of carboxylic acid groups (broad SMARTS) is 1. The molecule has 0 aliphatic carbocycles. The zero-order valence-corrected chi connectivity index (χ0v) is 8.22. The summed E-state index contributed by atoms with van der Waals surface area (Å²) in [5.74, 6) is -0.133. The number of hydrogen-bond donors (Lipinski definition) is 2. The monoisotopic (exact) mass is 207 g/mol. The van der Waals surface area contributed by atoms with E-state index >= 15 is 0 Å². The zero-order chi connectivity index (χ0) is 10.7. The molecule has 1 aliphatic heterocycles. The highest BCUT2D eigenvalue weighted by molar-refractivity contribution is 5.74. The highest BCUT2D eigenvalue weighted by Gasteiger charge is 2.34. The predicted molar refractivity (Wildman–Crippen MR) is 54.9 cm³/mol. The number of benzene rings is 1. The van der Waals surface area contributed by atoms with Crippen LogP contribution in [0.5, 0.6) is 5.75 Å². The number of aliphatic carboxylic acids is 1. The Bertz CT molecular complexity index is 339. The van der Waals surface area contributed by atoms with Crippen LogP contribution in [0.15, 0.2) is 30.3 Å². The first kappa shape index (κ1) is 9.98. The minimum Gasteiger partial charge on any atom is -0.488 e. The summed E-state index contributed by atoms with van der Waals surface area (Å²) in [5.41, 5.74) is 0. The van der Waals surface area contributed by atoms with Crippen LogP contribution in [0.1, 0.15) is 6.42 Å². The van der Waals surface area contributed by atoms with Gasteiger partial charge in [-0.25, -0.2) is 0 Å². The molecule has 0 saturated carbocycles. The van der Waals surface area contributed by atoms with E-state index in [-0.39, 0.29) is 6.10 Å². The van der Waals surface area contributed by atoms with Gasteiger partial charge < -0.3 is 15.2 Å². The molecule has 4 nitrogen and oxygen atoms in total. The lowest BCUT2D eigenvalue weighted by molar-refractivity contribution is -0.140. The maximum absolute atomic E-state index is 10.9. The van der Waals surface area contributed by atoms with Crippen molar-refractivity contribution in [3.63, 3.8) is 0 Å². The van der Waals surface area contributed by atoms with Crippen LogP contribution in [0.2, 0.25) is 0 Å². The Labute approximate surface area is 87.9 Å². The summed E-state index contributed by atoms with van der Waals surface area (Å²) in [6, 6.07) is 8.70. The second-order valence-corrected chi connectivity index (χ2v) is 3.53. The Balaban J connectivity index is 2.03. The number of rotatable bonds is 3. The second kappa shape index (κ2) is 4.31. The van der Waals surface area contributed by atoms with Gasteiger partial charge in [0.15, 0.2) is 0 Å². The smallest absolute Gasteiger partial charge is 0.324 e. The van der Waals surface area contributed by atoms with Crippen LogP contribution in [-0.4, -0.2) is 29.8 Å². The van der Waals surface area contributed by atoms with Crippen LogP contribution in [0.25, 0.3) is 0 Å². The molecule has 1 fully saturated rings. The lowest BCUT2D eigenvalue weighted by Crippen LogP contribution is -2.41. The van der Waals surface area contributed by atoms with Crippen LogP contribution in [0, 0.1) is 0 Å². The van der Waals surface area contributed by atoms with E-state index in [0.29, 0.717) is 6.54 Å². The van der Waals surface area contributed by atoms with Gasteiger partial charge in [-0.1, -0.05) is 18.2 Å². The number of hydrogen-bond acceptors (Lipinski definition) is 3.